The molecule has 0 aliphatic heterocycles. The number of carbonyl (C=O) groups excluding carboxylic acids is 2. The first-order valence-corrected chi connectivity index (χ1v) is 11.8. The van der Waals surface area contributed by atoms with Crippen molar-refractivity contribution >= 4 is 18.1 Å². The zero-order valence-electron chi connectivity index (χ0n) is 22.0. The van der Waals surface area contributed by atoms with Crippen molar-refractivity contribution in [3.05, 3.63) is 97.1 Å². The van der Waals surface area contributed by atoms with Crippen LogP contribution < -0.4 is 0 Å². The Hall–Kier alpha value is -3.87. The molecule has 2 rings (SSSR count). The second-order valence-corrected chi connectivity index (χ2v) is 10.2. The number of rotatable bonds is 6. The number of guanidine groups is 1. The second-order valence-electron chi connectivity index (χ2n) is 10.2. The number of benzene rings is 2. The van der Waals surface area contributed by atoms with Crippen LogP contribution in [0.25, 0.3) is 0 Å². The molecule has 7 heteroatoms. The van der Waals surface area contributed by atoms with Crippen LogP contribution in [0.15, 0.2) is 86.0 Å². The van der Waals surface area contributed by atoms with Crippen molar-refractivity contribution in [2.24, 2.45) is 0 Å². The first kappa shape index (κ1) is 28.4. The van der Waals surface area contributed by atoms with Gasteiger partial charge in [0, 0.05) is 0 Å². The Bertz CT molecular complexity index is 984. The molecule has 0 aliphatic rings. The summed E-state index contributed by atoms with van der Waals surface area (Å²) in [6.07, 6.45) is 1.47. The third-order valence-electron chi connectivity index (χ3n) is 4.92. The number of ether oxygens (including phenoxy) is 2. The highest BCUT2D eigenvalue weighted by Crippen LogP contribution is 2.31. The summed E-state index contributed by atoms with van der Waals surface area (Å²) in [5.74, 6) is -0.430. The summed E-state index contributed by atoms with van der Waals surface area (Å²) in [5.41, 5.74) is -0.290. The Morgan fingerprint density at radius 2 is 1.03 bits per heavy atom. The van der Waals surface area contributed by atoms with Gasteiger partial charge in [-0.15, -0.1) is 13.2 Å². The molecule has 0 saturated heterocycles. The Kier molecular flexibility index (Phi) is 9.23. The van der Waals surface area contributed by atoms with Crippen molar-refractivity contribution < 1.29 is 19.1 Å². The van der Waals surface area contributed by atoms with E-state index in [2.05, 4.69) is 13.2 Å². The molecule has 2 aromatic rings. The lowest BCUT2D eigenvalue weighted by molar-refractivity contribution is 0.0224. The van der Waals surface area contributed by atoms with Gasteiger partial charge in [-0.25, -0.2) is 19.4 Å². The first-order valence-electron chi connectivity index (χ1n) is 11.8. The molecule has 0 radical (unpaired) electrons. The van der Waals surface area contributed by atoms with Gasteiger partial charge in [0.2, 0.25) is 5.96 Å². The lowest BCUT2D eigenvalue weighted by atomic mass is 10.0. The summed E-state index contributed by atoms with van der Waals surface area (Å²) in [6.45, 7) is 18.2. The fraction of sp³-hybridized carbons (Fsp3) is 0.345. The minimum absolute atomic E-state index is 0.430. The molecule has 0 heterocycles. The van der Waals surface area contributed by atoms with Gasteiger partial charge in [-0.2, -0.15) is 0 Å². The summed E-state index contributed by atoms with van der Waals surface area (Å²) >= 11 is 0. The van der Waals surface area contributed by atoms with Crippen molar-refractivity contribution in [1.82, 2.24) is 9.80 Å². The number of amides is 2. The molecule has 2 unspecified atom stereocenters. The Morgan fingerprint density at radius 3 is 1.28 bits per heavy atom. The van der Waals surface area contributed by atoms with Gasteiger partial charge >= 0.3 is 12.2 Å². The number of hydrogen-bond acceptors (Lipinski definition) is 5. The number of nitrogens with one attached hydrogen (secondary N) is 1. The van der Waals surface area contributed by atoms with Crippen LogP contribution in [-0.4, -0.2) is 39.1 Å². The van der Waals surface area contributed by atoms with Crippen LogP contribution in [0.4, 0.5) is 9.59 Å². The van der Waals surface area contributed by atoms with E-state index in [0.29, 0.717) is 11.1 Å². The summed E-state index contributed by atoms with van der Waals surface area (Å²) in [5, 5.41) is 9.20. The van der Waals surface area contributed by atoms with E-state index in [1.165, 1.54) is 12.2 Å². The molecule has 0 spiro atoms. The predicted molar refractivity (Wildman–Crippen MR) is 143 cm³/mol. The zero-order chi connectivity index (χ0) is 27.1. The zero-order valence-corrected chi connectivity index (χ0v) is 22.0. The number of hydrogen-bond donors (Lipinski definition) is 1. The van der Waals surface area contributed by atoms with E-state index in [0.717, 1.165) is 9.80 Å². The van der Waals surface area contributed by atoms with Gasteiger partial charge in [-0.05, 0) is 52.7 Å². The predicted octanol–water partition coefficient (Wildman–Crippen LogP) is 7.25. The van der Waals surface area contributed by atoms with Gasteiger partial charge in [-0.1, -0.05) is 72.8 Å². The van der Waals surface area contributed by atoms with E-state index in [1.54, 1.807) is 41.5 Å². The quantitative estimate of drug-likeness (QED) is 0.262. The summed E-state index contributed by atoms with van der Waals surface area (Å²) < 4.78 is 11.3. The maximum Gasteiger partial charge on any atom is 0.418 e. The third-order valence-corrected chi connectivity index (χ3v) is 4.92. The molecular weight excluding hydrogens is 454 g/mol. The van der Waals surface area contributed by atoms with Crippen molar-refractivity contribution in [1.29, 1.82) is 5.41 Å². The van der Waals surface area contributed by atoms with E-state index in [4.69, 9.17) is 9.47 Å². The minimum Gasteiger partial charge on any atom is -0.443 e. The molecule has 2 amide bonds. The van der Waals surface area contributed by atoms with Crippen LogP contribution in [0.1, 0.15) is 64.8 Å². The van der Waals surface area contributed by atoms with E-state index >= 15 is 0 Å². The highest BCUT2D eigenvalue weighted by Gasteiger charge is 2.40. The number of nitrogens with zero attached hydrogens (tertiary/aromatic N) is 2. The Labute approximate surface area is 214 Å². The van der Waals surface area contributed by atoms with Gasteiger partial charge < -0.3 is 9.47 Å². The summed E-state index contributed by atoms with van der Waals surface area (Å²) in [4.78, 5) is 29.3. The highest BCUT2D eigenvalue weighted by atomic mass is 16.6. The molecule has 0 fully saturated rings. The van der Waals surface area contributed by atoms with Gasteiger partial charge in [0.25, 0.3) is 0 Å². The van der Waals surface area contributed by atoms with Crippen LogP contribution in [0.5, 0.6) is 0 Å². The summed E-state index contributed by atoms with van der Waals surface area (Å²) in [7, 11) is 0. The molecule has 0 aromatic heterocycles. The maximum absolute atomic E-state index is 13.5. The molecule has 36 heavy (non-hydrogen) atoms. The van der Waals surface area contributed by atoms with Gasteiger partial charge in [0.15, 0.2) is 0 Å². The molecule has 0 bridgehead atoms. The van der Waals surface area contributed by atoms with Gasteiger partial charge in [0.1, 0.15) is 11.2 Å². The van der Waals surface area contributed by atoms with E-state index in [1.807, 2.05) is 60.7 Å². The Morgan fingerprint density at radius 1 is 0.722 bits per heavy atom. The molecule has 192 valence electrons. The third kappa shape index (κ3) is 7.57. The van der Waals surface area contributed by atoms with Crippen molar-refractivity contribution in [3.8, 4) is 0 Å². The molecule has 2 aromatic carbocycles. The minimum atomic E-state index is -0.841. The average Bonchev–Trinajstić information content (AvgIpc) is 2.79. The number of carbonyl (C=O) groups is 2. The molecular formula is C29H37N3O4. The Balaban J connectivity index is 2.69. The first-order chi connectivity index (χ1) is 16.8. The van der Waals surface area contributed by atoms with Gasteiger partial charge in [-0.3, -0.25) is 5.41 Å². The fourth-order valence-corrected chi connectivity index (χ4v) is 3.48. The van der Waals surface area contributed by atoms with Crippen molar-refractivity contribution in [2.45, 2.75) is 64.8 Å². The molecule has 1 N–H and O–H groups in total. The fourth-order valence-electron chi connectivity index (χ4n) is 3.48. The largest absolute Gasteiger partial charge is 0.443 e. The van der Waals surface area contributed by atoms with E-state index < -0.39 is 41.4 Å². The maximum atomic E-state index is 13.5. The van der Waals surface area contributed by atoms with Crippen molar-refractivity contribution in [2.75, 3.05) is 0 Å². The van der Waals surface area contributed by atoms with Crippen LogP contribution in [0.3, 0.4) is 0 Å². The van der Waals surface area contributed by atoms with Gasteiger partial charge in [0.05, 0.1) is 12.1 Å². The smallest absolute Gasteiger partial charge is 0.418 e. The molecule has 2 atom stereocenters. The lowest BCUT2D eigenvalue weighted by Gasteiger charge is -2.39. The SMILES string of the molecule is C=CC(c1ccccc1)N(C(=N)N(C(=O)OC(C)(C)C)C(C=C)c1ccccc1)C(=O)OC(C)(C)C. The normalized spacial score (nSPS) is 13.1. The van der Waals surface area contributed by atoms with Crippen LogP contribution in [-0.2, 0) is 9.47 Å². The second kappa shape index (κ2) is 11.7. The molecule has 7 nitrogen and oxygen atoms in total. The highest BCUT2D eigenvalue weighted by molar-refractivity contribution is 6.01. The van der Waals surface area contributed by atoms with E-state index in [9.17, 15) is 15.0 Å². The topological polar surface area (TPSA) is 82.9 Å². The standard InChI is InChI=1S/C29H37N3O4/c1-9-23(21-17-13-11-14-18-21)31(26(33)35-28(3,4)5)25(30)32(27(34)36-29(6,7)8)24(10-2)22-19-15-12-16-20-22/h9-20,23-24,30H,1-2H2,3-8H3. The molecule has 0 aliphatic carbocycles. The van der Waals surface area contributed by atoms with Crippen LogP contribution >= 0.6 is 0 Å². The van der Waals surface area contributed by atoms with Crippen molar-refractivity contribution in [3.63, 3.8) is 0 Å². The van der Waals surface area contributed by atoms with Crippen LogP contribution in [0, 0.1) is 5.41 Å². The van der Waals surface area contributed by atoms with Crippen LogP contribution in [0.2, 0.25) is 0 Å². The summed E-state index contributed by atoms with van der Waals surface area (Å²) in [6, 6.07) is 16.7. The van der Waals surface area contributed by atoms with E-state index in [-0.39, 0.29) is 0 Å². The lowest BCUT2D eigenvalue weighted by Crippen LogP contribution is -2.53. The average molecular weight is 492 g/mol. The monoisotopic (exact) mass is 491 g/mol. The molecule has 0 saturated carbocycles.